The molecule has 0 saturated heterocycles. The topological polar surface area (TPSA) is 26.3 Å². The van der Waals surface area contributed by atoms with Crippen LogP contribution in [0.15, 0.2) is 36.6 Å². The van der Waals surface area contributed by atoms with E-state index in [9.17, 15) is 4.79 Å². The third-order valence-corrected chi connectivity index (χ3v) is 1.24. The van der Waals surface area contributed by atoms with Crippen molar-refractivity contribution in [3.63, 3.8) is 0 Å². The molecule has 0 saturated carbocycles. The summed E-state index contributed by atoms with van der Waals surface area (Å²) in [4.78, 5) is 10.6. The molecule has 0 bridgehead atoms. The lowest BCUT2D eigenvalue weighted by Crippen LogP contribution is -1.90. The number of allylic oxidation sites excluding steroid dienone is 3. The third kappa shape index (κ3) is 5.47. The Morgan fingerprint density at radius 2 is 2.00 bits per heavy atom. The van der Waals surface area contributed by atoms with Crippen molar-refractivity contribution in [2.75, 3.05) is 7.11 Å². The Bertz CT molecular complexity index is 224. The monoisotopic (exact) mass is 166 g/mol. The van der Waals surface area contributed by atoms with Crippen molar-refractivity contribution in [2.24, 2.45) is 0 Å². The highest BCUT2D eigenvalue weighted by molar-refractivity contribution is 5.78. The lowest BCUT2D eigenvalue weighted by molar-refractivity contribution is -0.116. The van der Waals surface area contributed by atoms with E-state index in [0.717, 1.165) is 5.57 Å². The first-order valence-corrected chi connectivity index (χ1v) is 3.64. The van der Waals surface area contributed by atoms with Crippen molar-refractivity contribution >= 4 is 5.78 Å². The molecular weight excluding hydrogens is 152 g/mol. The van der Waals surface area contributed by atoms with Crippen LogP contribution in [-0.4, -0.2) is 12.9 Å². The van der Waals surface area contributed by atoms with Gasteiger partial charge in [0.25, 0.3) is 0 Å². The Labute approximate surface area is 73.2 Å². The van der Waals surface area contributed by atoms with E-state index in [2.05, 4.69) is 13.2 Å². The number of methoxy groups -OCH3 is 1. The Morgan fingerprint density at radius 3 is 2.42 bits per heavy atom. The van der Waals surface area contributed by atoms with Crippen LogP contribution in [-0.2, 0) is 9.53 Å². The highest BCUT2D eigenvalue weighted by Gasteiger charge is 1.94. The van der Waals surface area contributed by atoms with E-state index in [-0.39, 0.29) is 5.78 Å². The number of hydrogen-bond donors (Lipinski definition) is 0. The number of hydrogen-bond acceptors (Lipinski definition) is 2. The zero-order valence-electron chi connectivity index (χ0n) is 7.59. The quantitative estimate of drug-likeness (QED) is 0.462. The van der Waals surface area contributed by atoms with E-state index in [4.69, 9.17) is 4.74 Å². The fourth-order valence-corrected chi connectivity index (χ4v) is 0.658. The SMILES string of the molecule is C=C(/C=C\C(=C)OC)CC(C)=O. The van der Waals surface area contributed by atoms with Crippen LogP contribution in [0.25, 0.3) is 0 Å². The van der Waals surface area contributed by atoms with Crippen LogP contribution in [0.5, 0.6) is 0 Å². The van der Waals surface area contributed by atoms with Gasteiger partial charge in [-0.25, -0.2) is 0 Å². The minimum absolute atomic E-state index is 0.104. The summed E-state index contributed by atoms with van der Waals surface area (Å²) < 4.78 is 4.80. The van der Waals surface area contributed by atoms with Gasteiger partial charge in [0.05, 0.1) is 7.11 Å². The first kappa shape index (κ1) is 10.7. The summed E-state index contributed by atoms with van der Waals surface area (Å²) in [5, 5.41) is 0. The molecule has 0 amide bonds. The number of carbonyl (C=O) groups excluding carboxylic acids is 1. The van der Waals surface area contributed by atoms with Crippen LogP contribution < -0.4 is 0 Å². The molecule has 0 N–H and O–H groups in total. The third-order valence-electron chi connectivity index (χ3n) is 1.24. The lowest BCUT2D eigenvalue weighted by Gasteiger charge is -1.97. The number of ketones is 1. The summed E-state index contributed by atoms with van der Waals surface area (Å²) in [7, 11) is 1.54. The molecule has 0 aromatic rings. The molecule has 0 aliphatic carbocycles. The molecule has 12 heavy (non-hydrogen) atoms. The zero-order valence-corrected chi connectivity index (χ0v) is 7.59. The summed E-state index contributed by atoms with van der Waals surface area (Å²) in [6, 6.07) is 0. The molecule has 0 rings (SSSR count). The van der Waals surface area contributed by atoms with Gasteiger partial charge in [-0.1, -0.05) is 19.2 Å². The molecule has 0 aromatic carbocycles. The van der Waals surface area contributed by atoms with Crippen LogP contribution in [0, 0.1) is 0 Å². The molecule has 0 aliphatic heterocycles. The van der Waals surface area contributed by atoms with Crippen LogP contribution in [0.3, 0.4) is 0 Å². The predicted octanol–water partition coefficient (Wildman–Crippen LogP) is 2.24. The van der Waals surface area contributed by atoms with Crippen molar-refractivity contribution in [3.05, 3.63) is 36.6 Å². The second-order valence-electron chi connectivity index (χ2n) is 2.54. The van der Waals surface area contributed by atoms with Gasteiger partial charge in [-0.15, -0.1) is 0 Å². The largest absolute Gasteiger partial charge is 0.497 e. The average molecular weight is 166 g/mol. The van der Waals surface area contributed by atoms with Crippen LogP contribution >= 0.6 is 0 Å². The fraction of sp³-hybridized carbons (Fsp3) is 0.300. The number of carbonyl (C=O) groups is 1. The molecule has 0 aliphatic rings. The molecule has 0 heterocycles. The standard InChI is InChI=1S/C10H14O2/c1-8(7-9(2)11)5-6-10(3)12-4/h5-6H,1,3,7H2,2,4H3/b6-5-. The van der Waals surface area contributed by atoms with E-state index in [1.165, 1.54) is 6.92 Å². The molecule has 0 atom stereocenters. The maximum atomic E-state index is 10.6. The number of ether oxygens (including phenoxy) is 1. The molecular formula is C10H14O2. The first-order chi connectivity index (χ1) is 5.56. The lowest BCUT2D eigenvalue weighted by atomic mass is 10.1. The van der Waals surface area contributed by atoms with Gasteiger partial charge in [-0.2, -0.15) is 0 Å². The molecule has 2 heteroatoms. The Morgan fingerprint density at radius 1 is 1.42 bits per heavy atom. The number of Topliss-reactive ketones (excluding diaryl/α,β-unsaturated/α-hetero) is 1. The van der Waals surface area contributed by atoms with Gasteiger partial charge in [0.15, 0.2) is 0 Å². The summed E-state index contributed by atoms with van der Waals surface area (Å²) in [5.41, 5.74) is 0.765. The second kappa shape index (κ2) is 5.35. The highest BCUT2D eigenvalue weighted by atomic mass is 16.5. The maximum Gasteiger partial charge on any atom is 0.134 e. The van der Waals surface area contributed by atoms with E-state index in [1.54, 1.807) is 19.3 Å². The van der Waals surface area contributed by atoms with Gasteiger partial charge >= 0.3 is 0 Å². The molecule has 0 aromatic heterocycles. The minimum atomic E-state index is 0.104. The highest BCUT2D eigenvalue weighted by Crippen LogP contribution is 2.03. The Balaban J connectivity index is 3.91. The zero-order chi connectivity index (χ0) is 9.56. The average Bonchev–Trinajstić information content (AvgIpc) is 1.99. The Hall–Kier alpha value is -1.31. The predicted molar refractivity (Wildman–Crippen MR) is 49.7 cm³/mol. The van der Waals surface area contributed by atoms with E-state index < -0.39 is 0 Å². The number of rotatable bonds is 5. The molecule has 0 fully saturated rings. The molecule has 0 unspecified atom stereocenters. The normalized spacial score (nSPS) is 9.83. The first-order valence-electron chi connectivity index (χ1n) is 3.64. The molecule has 2 nitrogen and oxygen atoms in total. The van der Waals surface area contributed by atoms with Crippen molar-refractivity contribution in [1.82, 2.24) is 0 Å². The fourth-order valence-electron chi connectivity index (χ4n) is 0.658. The van der Waals surface area contributed by atoms with Crippen LogP contribution in [0.2, 0.25) is 0 Å². The Kier molecular flexibility index (Phi) is 4.77. The van der Waals surface area contributed by atoms with Crippen LogP contribution in [0.4, 0.5) is 0 Å². The van der Waals surface area contributed by atoms with Gasteiger partial charge in [0, 0.05) is 6.42 Å². The van der Waals surface area contributed by atoms with E-state index >= 15 is 0 Å². The van der Waals surface area contributed by atoms with E-state index in [0.29, 0.717) is 12.2 Å². The summed E-state index contributed by atoms with van der Waals surface area (Å²) >= 11 is 0. The van der Waals surface area contributed by atoms with Gasteiger partial charge in [-0.3, -0.25) is 4.79 Å². The van der Waals surface area contributed by atoms with Crippen molar-refractivity contribution < 1.29 is 9.53 Å². The smallest absolute Gasteiger partial charge is 0.134 e. The maximum absolute atomic E-state index is 10.6. The van der Waals surface area contributed by atoms with Crippen molar-refractivity contribution in [3.8, 4) is 0 Å². The molecule has 0 spiro atoms. The minimum Gasteiger partial charge on any atom is -0.497 e. The van der Waals surface area contributed by atoms with Gasteiger partial charge < -0.3 is 4.74 Å². The van der Waals surface area contributed by atoms with Crippen molar-refractivity contribution in [2.45, 2.75) is 13.3 Å². The van der Waals surface area contributed by atoms with Gasteiger partial charge in [0.2, 0.25) is 0 Å². The summed E-state index contributed by atoms with van der Waals surface area (Å²) in [5.74, 6) is 0.660. The van der Waals surface area contributed by atoms with Crippen molar-refractivity contribution in [1.29, 1.82) is 0 Å². The molecule has 0 radical (unpaired) electrons. The summed E-state index contributed by atoms with van der Waals surface area (Å²) in [6.07, 6.45) is 3.80. The second-order valence-corrected chi connectivity index (χ2v) is 2.54. The molecule has 66 valence electrons. The summed E-state index contributed by atoms with van der Waals surface area (Å²) in [6.45, 7) is 8.82. The van der Waals surface area contributed by atoms with Crippen LogP contribution in [0.1, 0.15) is 13.3 Å². The van der Waals surface area contributed by atoms with Gasteiger partial charge in [-0.05, 0) is 18.6 Å². The van der Waals surface area contributed by atoms with E-state index in [1.807, 2.05) is 0 Å². The van der Waals surface area contributed by atoms with Gasteiger partial charge in [0.1, 0.15) is 11.5 Å².